The first kappa shape index (κ1) is 16.9. The minimum Gasteiger partial charge on any atom is -0.486 e. The summed E-state index contributed by atoms with van der Waals surface area (Å²) in [5.41, 5.74) is 0.366. The quantitative estimate of drug-likeness (QED) is 0.837. The Morgan fingerprint density at radius 3 is 2.77 bits per heavy atom. The highest BCUT2D eigenvalue weighted by atomic mass is 16.6. The Balaban J connectivity index is 1.37. The van der Waals surface area contributed by atoms with Gasteiger partial charge < -0.3 is 18.8 Å². The number of carbonyl (C=O) groups excluding carboxylic acids is 1. The third kappa shape index (κ3) is 3.54. The highest BCUT2D eigenvalue weighted by Crippen LogP contribution is 2.32. The molecular formula is C20H24N2O4. The minimum atomic E-state index is -0.205. The lowest BCUT2D eigenvalue weighted by Crippen LogP contribution is -2.41. The molecule has 1 saturated carbocycles. The normalized spacial score (nSPS) is 20.0. The Morgan fingerprint density at radius 2 is 1.96 bits per heavy atom. The van der Waals surface area contributed by atoms with Crippen LogP contribution in [0.3, 0.4) is 0 Å². The van der Waals surface area contributed by atoms with Crippen molar-refractivity contribution in [3.05, 3.63) is 42.1 Å². The molecule has 4 rings (SSSR count). The summed E-state index contributed by atoms with van der Waals surface area (Å²) < 4.78 is 17.2. The lowest BCUT2D eigenvalue weighted by molar-refractivity contribution is 0.0517. The molecule has 1 amide bonds. The highest BCUT2D eigenvalue weighted by Gasteiger charge is 2.27. The molecule has 6 heteroatoms. The summed E-state index contributed by atoms with van der Waals surface area (Å²) in [5.74, 6) is 2.35. The van der Waals surface area contributed by atoms with E-state index in [1.807, 2.05) is 24.3 Å². The van der Waals surface area contributed by atoms with Crippen LogP contribution in [0.4, 0.5) is 0 Å². The molecule has 2 heterocycles. The van der Waals surface area contributed by atoms with E-state index in [1.54, 1.807) is 11.9 Å². The topological polar surface area (TPSA) is 64.8 Å². The van der Waals surface area contributed by atoms with Crippen LogP contribution in [0.2, 0.25) is 0 Å². The van der Waals surface area contributed by atoms with Gasteiger partial charge in [0.1, 0.15) is 12.9 Å². The summed E-state index contributed by atoms with van der Waals surface area (Å²) in [4.78, 5) is 18.7. The van der Waals surface area contributed by atoms with Crippen LogP contribution in [-0.2, 0) is 0 Å². The first-order valence-corrected chi connectivity index (χ1v) is 9.30. The number of carbonyl (C=O) groups is 1. The lowest BCUT2D eigenvalue weighted by atomic mass is 9.89. The molecule has 1 aromatic heterocycles. The first-order chi connectivity index (χ1) is 12.7. The third-order valence-electron chi connectivity index (χ3n) is 5.09. The number of aromatic nitrogens is 1. The predicted molar refractivity (Wildman–Crippen MR) is 95.6 cm³/mol. The van der Waals surface area contributed by atoms with Crippen LogP contribution in [0.5, 0.6) is 11.5 Å². The maximum absolute atomic E-state index is 12.7. The lowest BCUT2D eigenvalue weighted by Gasteiger charge is -2.29. The van der Waals surface area contributed by atoms with Crippen LogP contribution in [-0.4, -0.2) is 42.1 Å². The zero-order valence-electron chi connectivity index (χ0n) is 15.0. The number of oxazole rings is 1. The zero-order chi connectivity index (χ0) is 17.9. The molecule has 1 fully saturated rings. The molecule has 0 spiro atoms. The van der Waals surface area contributed by atoms with Crippen LogP contribution in [0, 0.1) is 0 Å². The number of para-hydroxylation sites is 2. The fourth-order valence-corrected chi connectivity index (χ4v) is 3.66. The molecule has 1 aliphatic heterocycles. The van der Waals surface area contributed by atoms with E-state index in [4.69, 9.17) is 13.9 Å². The molecule has 0 saturated heterocycles. The van der Waals surface area contributed by atoms with Gasteiger partial charge in [0.25, 0.3) is 5.91 Å². The van der Waals surface area contributed by atoms with E-state index in [0.29, 0.717) is 36.4 Å². The van der Waals surface area contributed by atoms with Crippen molar-refractivity contribution in [1.82, 2.24) is 9.88 Å². The van der Waals surface area contributed by atoms with Crippen LogP contribution >= 0.6 is 0 Å². The number of hydrogen-bond donors (Lipinski definition) is 0. The molecular weight excluding hydrogens is 332 g/mol. The van der Waals surface area contributed by atoms with Gasteiger partial charge in [0, 0.05) is 13.0 Å². The van der Waals surface area contributed by atoms with Gasteiger partial charge in [0.15, 0.2) is 29.2 Å². The maximum Gasteiger partial charge on any atom is 0.275 e. The predicted octanol–water partition coefficient (Wildman–Crippen LogP) is 3.63. The van der Waals surface area contributed by atoms with Crippen molar-refractivity contribution in [1.29, 1.82) is 0 Å². The van der Waals surface area contributed by atoms with Gasteiger partial charge in [0.05, 0.1) is 6.54 Å². The van der Waals surface area contributed by atoms with Crippen molar-refractivity contribution in [3.63, 3.8) is 0 Å². The molecule has 2 aliphatic rings. The fourth-order valence-electron chi connectivity index (χ4n) is 3.66. The van der Waals surface area contributed by atoms with E-state index in [9.17, 15) is 4.79 Å². The SMILES string of the molecule is CN(CC1COc2ccccc2O1)C(=O)c1coc(C2CCCCC2)n1. The van der Waals surface area contributed by atoms with Gasteiger partial charge in [-0.15, -0.1) is 0 Å². The van der Waals surface area contributed by atoms with Gasteiger partial charge >= 0.3 is 0 Å². The Kier molecular flexibility index (Phi) is 4.82. The summed E-state index contributed by atoms with van der Waals surface area (Å²) in [7, 11) is 1.75. The van der Waals surface area contributed by atoms with Crippen molar-refractivity contribution in [2.75, 3.05) is 20.2 Å². The van der Waals surface area contributed by atoms with Gasteiger partial charge in [-0.3, -0.25) is 4.79 Å². The van der Waals surface area contributed by atoms with Crippen LogP contribution in [0.25, 0.3) is 0 Å². The van der Waals surface area contributed by atoms with Crippen LogP contribution in [0.15, 0.2) is 34.9 Å². The second-order valence-corrected chi connectivity index (χ2v) is 7.09. The molecule has 138 valence electrons. The van der Waals surface area contributed by atoms with Gasteiger partial charge in [-0.25, -0.2) is 4.98 Å². The third-order valence-corrected chi connectivity index (χ3v) is 5.09. The average Bonchev–Trinajstić information content (AvgIpc) is 3.18. The Morgan fingerprint density at radius 1 is 1.19 bits per heavy atom. The molecule has 26 heavy (non-hydrogen) atoms. The molecule has 1 atom stereocenters. The maximum atomic E-state index is 12.7. The molecule has 0 radical (unpaired) electrons. The van der Waals surface area contributed by atoms with Crippen LogP contribution < -0.4 is 9.47 Å². The summed E-state index contributed by atoms with van der Waals surface area (Å²) in [6.45, 7) is 0.847. The summed E-state index contributed by atoms with van der Waals surface area (Å²) in [6, 6.07) is 7.56. The van der Waals surface area contributed by atoms with E-state index in [1.165, 1.54) is 25.5 Å². The largest absolute Gasteiger partial charge is 0.486 e. The average molecular weight is 356 g/mol. The standard InChI is InChI=1S/C20H24N2O4/c1-22(11-15-12-24-17-9-5-6-10-18(17)26-15)20(23)16-13-25-19(21-16)14-7-3-2-4-8-14/h5-6,9-10,13-15H,2-4,7-8,11-12H2,1H3. The molecule has 6 nitrogen and oxygen atoms in total. The number of rotatable bonds is 4. The van der Waals surface area contributed by atoms with Gasteiger partial charge in [-0.2, -0.15) is 0 Å². The Hall–Kier alpha value is -2.50. The van der Waals surface area contributed by atoms with Crippen molar-refractivity contribution in [3.8, 4) is 11.5 Å². The highest BCUT2D eigenvalue weighted by molar-refractivity contribution is 5.91. The smallest absolute Gasteiger partial charge is 0.275 e. The molecule has 0 N–H and O–H groups in total. The number of likely N-dealkylation sites (N-methyl/N-ethyl adjacent to an activating group) is 1. The van der Waals surface area contributed by atoms with Gasteiger partial charge in [-0.05, 0) is 25.0 Å². The van der Waals surface area contributed by atoms with Gasteiger partial charge in [0.2, 0.25) is 0 Å². The summed E-state index contributed by atoms with van der Waals surface area (Å²) >= 11 is 0. The number of hydrogen-bond acceptors (Lipinski definition) is 5. The van der Waals surface area contributed by atoms with E-state index < -0.39 is 0 Å². The number of benzene rings is 1. The van der Waals surface area contributed by atoms with Crippen molar-refractivity contribution in [2.45, 2.75) is 44.1 Å². The second kappa shape index (κ2) is 7.40. The Bertz CT molecular complexity index is 767. The second-order valence-electron chi connectivity index (χ2n) is 7.09. The summed E-state index contributed by atoms with van der Waals surface area (Å²) in [6.07, 6.45) is 7.15. The number of fused-ring (bicyclic) bond motifs is 1. The Labute approximate surface area is 153 Å². The number of ether oxygens (including phenoxy) is 2. The molecule has 0 bridgehead atoms. The molecule has 2 aromatic rings. The van der Waals surface area contributed by atoms with E-state index >= 15 is 0 Å². The summed E-state index contributed by atoms with van der Waals surface area (Å²) in [5, 5.41) is 0. The molecule has 1 aliphatic carbocycles. The monoisotopic (exact) mass is 356 g/mol. The number of nitrogens with zero attached hydrogens (tertiary/aromatic N) is 2. The van der Waals surface area contributed by atoms with Crippen LogP contribution in [0.1, 0.15) is 54.4 Å². The minimum absolute atomic E-state index is 0.154. The van der Waals surface area contributed by atoms with Gasteiger partial charge in [-0.1, -0.05) is 31.4 Å². The zero-order valence-corrected chi connectivity index (χ0v) is 15.0. The van der Waals surface area contributed by atoms with Crippen molar-refractivity contribution < 1.29 is 18.7 Å². The van der Waals surface area contributed by atoms with Crippen molar-refractivity contribution in [2.24, 2.45) is 0 Å². The van der Waals surface area contributed by atoms with E-state index in [2.05, 4.69) is 4.98 Å². The van der Waals surface area contributed by atoms with E-state index in [0.717, 1.165) is 18.6 Å². The first-order valence-electron chi connectivity index (χ1n) is 9.30. The number of amides is 1. The van der Waals surface area contributed by atoms with Crippen molar-refractivity contribution >= 4 is 5.91 Å². The molecule has 1 aromatic carbocycles. The molecule has 1 unspecified atom stereocenters. The van der Waals surface area contributed by atoms with E-state index in [-0.39, 0.29) is 12.0 Å². The fraction of sp³-hybridized carbons (Fsp3) is 0.500.